The van der Waals surface area contributed by atoms with Gasteiger partial charge in [-0.1, -0.05) is 44.4 Å². The fraction of sp³-hybridized carbons (Fsp3) is 0.647. The zero-order chi connectivity index (χ0) is 13.7. The van der Waals surface area contributed by atoms with Crippen molar-refractivity contribution in [3.8, 4) is 5.75 Å². The molecule has 0 bridgehead atoms. The monoisotopic (exact) mass is 261 g/mol. The number of ether oxygens (including phenoxy) is 1. The maximum Gasteiger partial charge on any atom is 0.122 e. The van der Waals surface area contributed by atoms with Gasteiger partial charge in [-0.3, -0.25) is 0 Å². The van der Waals surface area contributed by atoms with Gasteiger partial charge in [-0.2, -0.15) is 0 Å². The first-order valence-corrected chi connectivity index (χ1v) is 7.62. The predicted molar refractivity (Wildman–Crippen MR) is 80.4 cm³/mol. The van der Waals surface area contributed by atoms with E-state index in [4.69, 9.17) is 10.5 Å². The van der Waals surface area contributed by atoms with Crippen molar-refractivity contribution in [2.45, 2.75) is 51.5 Å². The summed E-state index contributed by atoms with van der Waals surface area (Å²) in [4.78, 5) is 0. The molecule has 1 aliphatic rings. The van der Waals surface area contributed by atoms with Crippen molar-refractivity contribution in [3.63, 3.8) is 0 Å². The molecular weight excluding hydrogens is 234 g/mol. The lowest BCUT2D eigenvalue weighted by Gasteiger charge is -2.32. The minimum absolute atomic E-state index is 0.272. The van der Waals surface area contributed by atoms with E-state index in [1.807, 2.05) is 12.1 Å². The van der Waals surface area contributed by atoms with E-state index in [1.165, 1.54) is 37.7 Å². The largest absolute Gasteiger partial charge is 0.496 e. The van der Waals surface area contributed by atoms with Crippen LogP contribution < -0.4 is 10.5 Å². The van der Waals surface area contributed by atoms with Crippen molar-refractivity contribution in [2.75, 3.05) is 7.11 Å². The van der Waals surface area contributed by atoms with Crippen molar-refractivity contribution in [3.05, 3.63) is 29.8 Å². The Bertz CT molecular complexity index is 383. The molecule has 1 aromatic rings. The predicted octanol–water partition coefficient (Wildman–Crippen LogP) is 3.78. The molecule has 2 nitrogen and oxygen atoms in total. The Morgan fingerprint density at radius 2 is 1.89 bits per heavy atom. The summed E-state index contributed by atoms with van der Waals surface area (Å²) in [6.45, 7) is 2.31. The van der Waals surface area contributed by atoms with E-state index in [1.54, 1.807) is 7.11 Å². The summed E-state index contributed by atoms with van der Waals surface area (Å²) >= 11 is 0. The van der Waals surface area contributed by atoms with Gasteiger partial charge >= 0.3 is 0 Å². The zero-order valence-electron chi connectivity index (χ0n) is 12.3. The van der Waals surface area contributed by atoms with Gasteiger partial charge in [0, 0.05) is 6.04 Å². The number of methoxy groups -OCH3 is 1. The number of hydrogen-bond donors (Lipinski definition) is 1. The van der Waals surface area contributed by atoms with Gasteiger partial charge in [-0.25, -0.2) is 0 Å². The van der Waals surface area contributed by atoms with Crippen molar-refractivity contribution in [1.29, 1.82) is 0 Å². The Hall–Kier alpha value is -1.02. The molecule has 0 aromatic heterocycles. The first kappa shape index (κ1) is 14.4. The van der Waals surface area contributed by atoms with Gasteiger partial charge in [0.1, 0.15) is 5.75 Å². The molecule has 0 heterocycles. The Labute approximate surface area is 117 Å². The minimum atomic E-state index is 0.272. The molecule has 1 saturated carbocycles. The highest BCUT2D eigenvalue weighted by Crippen LogP contribution is 2.33. The average molecular weight is 261 g/mol. The molecule has 0 saturated heterocycles. The van der Waals surface area contributed by atoms with Gasteiger partial charge in [-0.05, 0) is 42.7 Å². The second kappa shape index (κ2) is 6.95. The van der Waals surface area contributed by atoms with Gasteiger partial charge in [0.25, 0.3) is 0 Å². The van der Waals surface area contributed by atoms with Gasteiger partial charge in [0.2, 0.25) is 0 Å². The number of rotatable bonds is 5. The zero-order valence-corrected chi connectivity index (χ0v) is 12.3. The van der Waals surface area contributed by atoms with Crippen LogP contribution in [0.1, 0.15) is 44.6 Å². The SMILES string of the molecule is CCC1CCC(C(N)Cc2ccccc2OC)CC1. The molecule has 1 fully saturated rings. The molecule has 0 aliphatic heterocycles. The van der Waals surface area contributed by atoms with Crippen molar-refractivity contribution in [2.24, 2.45) is 17.6 Å². The molecule has 2 rings (SSSR count). The van der Waals surface area contributed by atoms with E-state index in [0.29, 0.717) is 5.92 Å². The van der Waals surface area contributed by atoms with Crippen LogP contribution in [0, 0.1) is 11.8 Å². The molecule has 1 unspecified atom stereocenters. The summed E-state index contributed by atoms with van der Waals surface area (Å²) < 4.78 is 5.41. The van der Waals surface area contributed by atoms with Crippen LogP contribution in [-0.4, -0.2) is 13.2 Å². The van der Waals surface area contributed by atoms with E-state index in [2.05, 4.69) is 19.1 Å². The van der Waals surface area contributed by atoms with Gasteiger partial charge in [-0.15, -0.1) is 0 Å². The number of para-hydroxylation sites is 1. The summed E-state index contributed by atoms with van der Waals surface area (Å²) in [5.41, 5.74) is 7.68. The standard InChI is InChI=1S/C17H27NO/c1-3-13-8-10-14(11-9-13)16(18)12-15-6-4-5-7-17(15)19-2/h4-7,13-14,16H,3,8-12,18H2,1-2H3. The number of benzene rings is 1. The second-order valence-electron chi connectivity index (χ2n) is 5.87. The maximum absolute atomic E-state index is 6.44. The molecule has 0 spiro atoms. The smallest absolute Gasteiger partial charge is 0.122 e. The van der Waals surface area contributed by atoms with Crippen LogP contribution in [0.3, 0.4) is 0 Å². The molecule has 19 heavy (non-hydrogen) atoms. The lowest BCUT2D eigenvalue weighted by Crippen LogP contribution is -2.35. The molecule has 1 atom stereocenters. The van der Waals surface area contributed by atoms with E-state index < -0.39 is 0 Å². The van der Waals surface area contributed by atoms with Crippen LogP contribution in [0.4, 0.5) is 0 Å². The first-order chi connectivity index (χ1) is 9.24. The molecule has 2 N–H and O–H groups in total. The van der Waals surface area contributed by atoms with E-state index in [9.17, 15) is 0 Å². The third kappa shape index (κ3) is 3.73. The Kier molecular flexibility index (Phi) is 5.26. The molecule has 0 radical (unpaired) electrons. The van der Waals surface area contributed by atoms with Gasteiger partial charge in [0.05, 0.1) is 7.11 Å². The minimum Gasteiger partial charge on any atom is -0.496 e. The summed E-state index contributed by atoms with van der Waals surface area (Å²) in [6.07, 6.45) is 7.59. The molecular formula is C17H27NO. The van der Waals surface area contributed by atoms with Crippen LogP contribution in [0.5, 0.6) is 5.75 Å². The average Bonchev–Trinajstić information content (AvgIpc) is 2.48. The maximum atomic E-state index is 6.44. The summed E-state index contributed by atoms with van der Waals surface area (Å²) in [5.74, 6) is 2.60. The summed E-state index contributed by atoms with van der Waals surface area (Å²) in [7, 11) is 1.73. The highest BCUT2D eigenvalue weighted by atomic mass is 16.5. The van der Waals surface area contributed by atoms with E-state index in [-0.39, 0.29) is 6.04 Å². The van der Waals surface area contributed by atoms with Crippen LogP contribution in [0.15, 0.2) is 24.3 Å². The molecule has 2 heteroatoms. The number of nitrogens with two attached hydrogens (primary N) is 1. The van der Waals surface area contributed by atoms with Gasteiger partial charge in [0.15, 0.2) is 0 Å². The summed E-state index contributed by atoms with van der Waals surface area (Å²) in [5, 5.41) is 0. The molecule has 1 aliphatic carbocycles. The van der Waals surface area contributed by atoms with Crippen LogP contribution in [-0.2, 0) is 6.42 Å². The fourth-order valence-electron chi connectivity index (χ4n) is 3.32. The third-order valence-electron chi connectivity index (χ3n) is 4.72. The van der Waals surface area contributed by atoms with Crippen molar-refractivity contribution < 1.29 is 4.74 Å². The Morgan fingerprint density at radius 3 is 2.53 bits per heavy atom. The number of hydrogen-bond acceptors (Lipinski definition) is 2. The quantitative estimate of drug-likeness (QED) is 0.875. The second-order valence-corrected chi connectivity index (χ2v) is 5.87. The Morgan fingerprint density at radius 1 is 1.21 bits per heavy atom. The normalized spacial score (nSPS) is 25.0. The van der Waals surface area contributed by atoms with E-state index >= 15 is 0 Å². The van der Waals surface area contributed by atoms with Crippen LogP contribution >= 0.6 is 0 Å². The topological polar surface area (TPSA) is 35.2 Å². The highest BCUT2D eigenvalue weighted by Gasteiger charge is 2.25. The molecule has 1 aromatic carbocycles. The Balaban J connectivity index is 1.92. The first-order valence-electron chi connectivity index (χ1n) is 7.62. The van der Waals surface area contributed by atoms with E-state index in [0.717, 1.165) is 18.1 Å². The fourth-order valence-corrected chi connectivity index (χ4v) is 3.32. The highest BCUT2D eigenvalue weighted by molar-refractivity contribution is 5.33. The van der Waals surface area contributed by atoms with Gasteiger partial charge < -0.3 is 10.5 Å². The van der Waals surface area contributed by atoms with Crippen LogP contribution in [0.2, 0.25) is 0 Å². The van der Waals surface area contributed by atoms with Crippen LogP contribution in [0.25, 0.3) is 0 Å². The van der Waals surface area contributed by atoms with Crippen molar-refractivity contribution >= 4 is 0 Å². The molecule has 0 amide bonds. The summed E-state index contributed by atoms with van der Waals surface area (Å²) in [6, 6.07) is 8.51. The molecule has 106 valence electrons. The third-order valence-corrected chi connectivity index (χ3v) is 4.72. The van der Waals surface area contributed by atoms with Crippen molar-refractivity contribution in [1.82, 2.24) is 0 Å². The lowest BCUT2D eigenvalue weighted by molar-refractivity contribution is 0.237. The lowest BCUT2D eigenvalue weighted by atomic mass is 9.76.